The third-order valence-corrected chi connectivity index (χ3v) is 4.89. The zero-order valence-corrected chi connectivity index (χ0v) is 13.6. The highest BCUT2D eigenvalue weighted by Crippen LogP contribution is 2.33. The largest absolute Gasteiger partial charge is 0.349 e. The van der Waals surface area contributed by atoms with Crippen molar-refractivity contribution >= 4 is 11.8 Å². The Balaban J connectivity index is 1.63. The Kier molecular flexibility index (Phi) is 5.09. The van der Waals surface area contributed by atoms with Crippen molar-refractivity contribution < 1.29 is 9.59 Å². The quantitative estimate of drug-likeness (QED) is 0.862. The van der Waals surface area contributed by atoms with Gasteiger partial charge in [0.05, 0.1) is 12.0 Å². The van der Waals surface area contributed by atoms with Gasteiger partial charge in [-0.25, -0.2) is 0 Å². The molecule has 6 heteroatoms. The van der Waals surface area contributed by atoms with Gasteiger partial charge < -0.3 is 10.6 Å². The average Bonchev–Trinajstić information content (AvgIpc) is 3.45. The second kappa shape index (κ2) is 7.43. The molecule has 3 rings (SSSR count). The topological polar surface area (TPSA) is 94.9 Å². The summed E-state index contributed by atoms with van der Waals surface area (Å²) < 4.78 is 0. The fourth-order valence-corrected chi connectivity index (χ4v) is 3.32. The van der Waals surface area contributed by atoms with E-state index in [1.165, 1.54) is 0 Å². The molecule has 2 amide bonds. The second-order valence-electron chi connectivity index (χ2n) is 6.66. The molecule has 126 valence electrons. The van der Waals surface area contributed by atoms with Crippen LogP contribution in [0, 0.1) is 23.2 Å². The number of rotatable bonds is 5. The third-order valence-electron chi connectivity index (χ3n) is 4.89. The Morgan fingerprint density at radius 2 is 1.88 bits per heavy atom. The highest BCUT2D eigenvalue weighted by molar-refractivity contribution is 5.94. The van der Waals surface area contributed by atoms with Crippen LogP contribution in [0.25, 0.3) is 0 Å². The first-order valence-corrected chi connectivity index (χ1v) is 8.60. The first-order valence-electron chi connectivity index (χ1n) is 8.60. The van der Waals surface area contributed by atoms with E-state index in [-0.39, 0.29) is 23.8 Å². The van der Waals surface area contributed by atoms with Crippen LogP contribution in [0.1, 0.15) is 48.9 Å². The number of aromatic nitrogens is 1. The fraction of sp³-hybridized carbons (Fsp3) is 0.556. The monoisotopic (exact) mass is 326 g/mol. The lowest BCUT2D eigenvalue weighted by Crippen LogP contribution is -2.50. The van der Waals surface area contributed by atoms with Crippen molar-refractivity contribution in [3.05, 3.63) is 30.1 Å². The summed E-state index contributed by atoms with van der Waals surface area (Å²) >= 11 is 0. The lowest BCUT2D eigenvalue weighted by Gasteiger charge is -2.31. The molecule has 0 aliphatic heterocycles. The Bertz CT molecular complexity index is 636. The summed E-state index contributed by atoms with van der Waals surface area (Å²) in [6.45, 7) is 0. The highest BCUT2D eigenvalue weighted by Gasteiger charge is 2.37. The maximum Gasteiger partial charge on any atom is 0.251 e. The Hall–Kier alpha value is -2.42. The van der Waals surface area contributed by atoms with E-state index in [2.05, 4.69) is 21.7 Å². The molecule has 2 N–H and O–H groups in total. The number of carbonyl (C=O) groups excluding carboxylic acids is 2. The van der Waals surface area contributed by atoms with Crippen molar-refractivity contribution in [3.8, 4) is 6.07 Å². The second-order valence-corrected chi connectivity index (χ2v) is 6.66. The van der Waals surface area contributed by atoms with Gasteiger partial charge in [-0.05, 0) is 43.7 Å². The summed E-state index contributed by atoms with van der Waals surface area (Å²) in [6.07, 6.45) is 8.66. The lowest BCUT2D eigenvalue weighted by atomic mass is 9.83. The number of amides is 2. The Labute approximate surface area is 141 Å². The molecule has 1 heterocycles. The van der Waals surface area contributed by atoms with Gasteiger partial charge in [0, 0.05) is 24.0 Å². The minimum absolute atomic E-state index is 0.104. The van der Waals surface area contributed by atoms with E-state index in [1.54, 1.807) is 24.5 Å². The molecule has 2 fully saturated rings. The van der Waals surface area contributed by atoms with Gasteiger partial charge in [0.2, 0.25) is 5.91 Å². The van der Waals surface area contributed by atoms with Gasteiger partial charge >= 0.3 is 0 Å². The van der Waals surface area contributed by atoms with Crippen LogP contribution in [-0.4, -0.2) is 28.9 Å². The SMILES string of the molecule is N#CC(NC(=O)C1CCCCC1NC(=O)c1ccncc1)C1CC1. The van der Waals surface area contributed by atoms with Crippen LogP contribution >= 0.6 is 0 Å². The summed E-state index contributed by atoms with van der Waals surface area (Å²) in [5.41, 5.74) is 0.544. The van der Waals surface area contributed by atoms with Crippen LogP contribution in [-0.2, 0) is 4.79 Å². The van der Waals surface area contributed by atoms with E-state index in [9.17, 15) is 14.9 Å². The van der Waals surface area contributed by atoms with Crippen molar-refractivity contribution in [3.63, 3.8) is 0 Å². The molecule has 2 aliphatic carbocycles. The minimum atomic E-state index is -0.393. The van der Waals surface area contributed by atoms with Crippen LogP contribution in [0.2, 0.25) is 0 Å². The van der Waals surface area contributed by atoms with Crippen LogP contribution in [0.3, 0.4) is 0 Å². The predicted molar refractivity (Wildman–Crippen MR) is 87.7 cm³/mol. The Morgan fingerprint density at radius 3 is 2.54 bits per heavy atom. The molecule has 3 unspecified atom stereocenters. The van der Waals surface area contributed by atoms with Crippen LogP contribution in [0.15, 0.2) is 24.5 Å². The van der Waals surface area contributed by atoms with Crippen molar-refractivity contribution in [2.45, 2.75) is 50.6 Å². The average molecular weight is 326 g/mol. The Morgan fingerprint density at radius 1 is 1.17 bits per heavy atom. The smallest absolute Gasteiger partial charge is 0.251 e. The molecule has 2 aliphatic rings. The lowest BCUT2D eigenvalue weighted by molar-refractivity contribution is -0.127. The molecule has 1 aromatic heterocycles. The van der Waals surface area contributed by atoms with Crippen molar-refractivity contribution in [1.29, 1.82) is 5.26 Å². The normalized spacial score (nSPS) is 24.5. The maximum absolute atomic E-state index is 12.6. The van der Waals surface area contributed by atoms with Crippen molar-refractivity contribution in [1.82, 2.24) is 15.6 Å². The van der Waals surface area contributed by atoms with Gasteiger partial charge in [0.25, 0.3) is 5.91 Å². The summed E-state index contributed by atoms with van der Waals surface area (Å²) in [5, 5.41) is 15.1. The third kappa shape index (κ3) is 3.91. The first-order chi connectivity index (χ1) is 11.7. The standard InChI is InChI=1S/C18H22N4O2/c19-11-16(12-5-6-12)22-18(24)14-3-1-2-4-15(14)21-17(23)13-7-9-20-10-8-13/h7-10,12,14-16H,1-6H2,(H,21,23)(H,22,24). The van der Waals surface area contributed by atoms with Crippen LogP contribution in [0.4, 0.5) is 0 Å². The van der Waals surface area contributed by atoms with E-state index in [0.29, 0.717) is 11.5 Å². The predicted octanol–water partition coefficient (Wildman–Crippen LogP) is 1.79. The van der Waals surface area contributed by atoms with Gasteiger partial charge in [-0.3, -0.25) is 14.6 Å². The molecule has 0 radical (unpaired) electrons. The number of carbonyl (C=O) groups is 2. The molecule has 0 saturated heterocycles. The van der Waals surface area contributed by atoms with Gasteiger partial charge in [-0.2, -0.15) is 5.26 Å². The summed E-state index contributed by atoms with van der Waals surface area (Å²) in [5.74, 6) is -0.249. The van der Waals surface area contributed by atoms with E-state index < -0.39 is 6.04 Å². The molecule has 24 heavy (non-hydrogen) atoms. The van der Waals surface area contributed by atoms with E-state index >= 15 is 0 Å². The molecule has 6 nitrogen and oxygen atoms in total. The molecule has 3 atom stereocenters. The molecular weight excluding hydrogens is 304 g/mol. The van der Waals surface area contributed by atoms with Crippen LogP contribution < -0.4 is 10.6 Å². The van der Waals surface area contributed by atoms with E-state index in [0.717, 1.165) is 38.5 Å². The van der Waals surface area contributed by atoms with E-state index in [4.69, 9.17) is 0 Å². The maximum atomic E-state index is 12.6. The van der Waals surface area contributed by atoms with Gasteiger partial charge in [0.15, 0.2) is 0 Å². The first kappa shape index (κ1) is 16.4. The molecule has 0 aromatic carbocycles. The number of hydrogen-bond donors (Lipinski definition) is 2. The molecule has 2 saturated carbocycles. The van der Waals surface area contributed by atoms with Gasteiger partial charge in [-0.15, -0.1) is 0 Å². The summed E-state index contributed by atoms with van der Waals surface area (Å²) in [7, 11) is 0. The van der Waals surface area contributed by atoms with Crippen molar-refractivity contribution in [2.75, 3.05) is 0 Å². The highest BCUT2D eigenvalue weighted by atomic mass is 16.2. The molecule has 0 bridgehead atoms. The number of nitrogens with one attached hydrogen (secondary N) is 2. The molecule has 1 aromatic rings. The number of pyridine rings is 1. The summed E-state index contributed by atoms with van der Waals surface area (Å²) in [4.78, 5) is 28.9. The van der Waals surface area contributed by atoms with Crippen molar-refractivity contribution in [2.24, 2.45) is 11.8 Å². The fourth-order valence-electron chi connectivity index (χ4n) is 3.32. The zero-order valence-electron chi connectivity index (χ0n) is 13.6. The number of nitriles is 1. The van der Waals surface area contributed by atoms with Gasteiger partial charge in [0.1, 0.15) is 6.04 Å². The molecular formula is C18H22N4O2. The number of hydrogen-bond acceptors (Lipinski definition) is 4. The van der Waals surface area contributed by atoms with Crippen LogP contribution in [0.5, 0.6) is 0 Å². The number of nitrogens with zero attached hydrogens (tertiary/aromatic N) is 2. The summed E-state index contributed by atoms with van der Waals surface area (Å²) in [6, 6.07) is 4.93. The zero-order chi connectivity index (χ0) is 16.9. The van der Waals surface area contributed by atoms with Gasteiger partial charge in [-0.1, -0.05) is 12.8 Å². The molecule has 0 spiro atoms. The minimum Gasteiger partial charge on any atom is -0.349 e. The van der Waals surface area contributed by atoms with E-state index in [1.807, 2.05) is 0 Å².